The molecule has 1 aromatic heterocycles. The maximum atomic E-state index is 15.4. The fourth-order valence-electron chi connectivity index (χ4n) is 3.68. The minimum absolute atomic E-state index is 0.0483. The number of nitro groups is 1. The number of ether oxygens (including phenoxy) is 1. The van der Waals surface area contributed by atoms with E-state index in [1.165, 1.54) is 12.1 Å². The summed E-state index contributed by atoms with van der Waals surface area (Å²) < 4.78 is 60.6. The number of hydrogen-bond donors (Lipinski definition) is 2. The molecular formula is C21H15ClF4N4O7. The van der Waals surface area contributed by atoms with Gasteiger partial charge in [-0.05, 0) is 11.6 Å². The summed E-state index contributed by atoms with van der Waals surface area (Å²) in [5, 5.41) is 22.3. The second-order valence-electron chi connectivity index (χ2n) is 7.41. The first kappa shape index (κ1) is 27.2. The number of halogens is 5. The van der Waals surface area contributed by atoms with Gasteiger partial charge in [-0.25, -0.2) is 18.5 Å². The quantitative estimate of drug-likeness (QED) is 0.273. The van der Waals surface area contributed by atoms with E-state index in [1.54, 1.807) is 0 Å². The van der Waals surface area contributed by atoms with Crippen molar-refractivity contribution >= 4 is 23.4 Å². The van der Waals surface area contributed by atoms with Gasteiger partial charge >= 0.3 is 18.0 Å². The van der Waals surface area contributed by atoms with E-state index in [9.17, 15) is 42.8 Å². The summed E-state index contributed by atoms with van der Waals surface area (Å²) in [5.41, 5.74) is -7.11. The van der Waals surface area contributed by atoms with E-state index in [-0.39, 0.29) is 20.8 Å². The summed E-state index contributed by atoms with van der Waals surface area (Å²) in [6.07, 6.45) is -6.83. The zero-order valence-electron chi connectivity index (χ0n) is 18.7. The summed E-state index contributed by atoms with van der Waals surface area (Å²) in [7, 11) is 1.73. The van der Waals surface area contributed by atoms with Crippen molar-refractivity contribution < 1.29 is 37.1 Å². The van der Waals surface area contributed by atoms with Crippen LogP contribution >= 0.6 is 11.6 Å². The Morgan fingerprint density at radius 2 is 1.89 bits per heavy atom. The molecule has 1 amide bonds. The molecule has 2 aromatic carbocycles. The summed E-state index contributed by atoms with van der Waals surface area (Å²) in [5.74, 6) is -1.86. The number of aromatic nitrogens is 2. The number of benzene rings is 2. The third kappa shape index (κ3) is 5.11. The first-order chi connectivity index (χ1) is 17.2. The Morgan fingerprint density at radius 1 is 1.24 bits per heavy atom. The number of nitrogens with one attached hydrogen (secondary N) is 1. The van der Waals surface area contributed by atoms with Gasteiger partial charge < -0.3 is 15.2 Å². The van der Waals surface area contributed by atoms with Gasteiger partial charge in [-0.3, -0.25) is 19.5 Å². The lowest BCUT2D eigenvalue weighted by Crippen LogP contribution is -2.42. The SMILES string of the molecule is COc1c(Cl)cc(F)c(-n2c(=O)cc(C(F)(F)F)n(C)c2=O)c1C(NC(=O)O)c1cccc([N+](=O)[O-])c1. The number of non-ortho nitro benzene ring substituents is 1. The molecule has 11 nitrogen and oxygen atoms in total. The van der Waals surface area contributed by atoms with Crippen LogP contribution in [0, 0.1) is 15.9 Å². The molecule has 0 spiro atoms. The zero-order chi connectivity index (χ0) is 27.8. The van der Waals surface area contributed by atoms with Crippen molar-refractivity contribution in [1.82, 2.24) is 14.5 Å². The first-order valence-corrected chi connectivity index (χ1v) is 10.3. The Bertz CT molecular complexity index is 1530. The largest absolute Gasteiger partial charge is 0.495 e. The highest BCUT2D eigenvalue weighted by molar-refractivity contribution is 6.32. The van der Waals surface area contributed by atoms with Crippen LogP contribution < -0.4 is 21.3 Å². The molecule has 0 radical (unpaired) electrons. The number of nitrogens with zero attached hydrogens (tertiary/aromatic N) is 3. The minimum Gasteiger partial charge on any atom is -0.495 e. The van der Waals surface area contributed by atoms with Crippen molar-refractivity contribution in [2.45, 2.75) is 12.2 Å². The van der Waals surface area contributed by atoms with Gasteiger partial charge in [-0.1, -0.05) is 23.7 Å². The van der Waals surface area contributed by atoms with Crippen molar-refractivity contribution in [3.8, 4) is 11.4 Å². The van der Waals surface area contributed by atoms with E-state index in [0.29, 0.717) is 13.1 Å². The first-order valence-electron chi connectivity index (χ1n) is 9.89. The van der Waals surface area contributed by atoms with Crippen LogP contribution in [0.2, 0.25) is 5.02 Å². The van der Waals surface area contributed by atoms with E-state index in [2.05, 4.69) is 0 Å². The topological polar surface area (TPSA) is 146 Å². The lowest BCUT2D eigenvalue weighted by molar-refractivity contribution is -0.384. The van der Waals surface area contributed by atoms with Gasteiger partial charge in [0.25, 0.3) is 11.2 Å². The monoisotopic (exact) mass is 546 g/mol. The minimum atomic E-state index is -5.11. The molecule has 37 heavy (non-hydrogen) atoms. The zero-order valence-corrected chi connectivity index (χ0v) is 19.4. The van der Waals surface area contributed by atoms with E-state index < -0.39 is 73.7 Å². The molecule has 0 bridgehead atoms. The van der Waals surface area contributed by atoms with Crippen molar-refractivity contribution in [3.63, 3.8) is 0 Å². The highest BCUT2D eigenvalue weighted by Crippen LogP contribution is 2.41. The fraction of sp³-hybridized carbons (Fsp3) is 0.190. The van der Waals surface area contributed by atoms with Crippen LogP contribution in [0.3, 0.4) is 0 Å². The Labute approximate surface area is 208 Å². The molecule has 1 unspecified atom stereocenters. The fourth-order valence-corrected chi connectivity index (χ4v) is 3.95. The Kier molecular flexibility index (Phi) is 7.29. The standard InChI is InChI=1S/C21H15ClF4N4O7/c1-28-13(21(24,25)26)8-14(31)29(20(28)34)17-12(23)7-11(22)18(37-2)15(17)16(27-19(32)33)9-4-3-5-10(6-9)30(35)36/h3-8,16,27H,1-2H3,(H,32,33). The third-order valence-electron chi connectivity index (χ3n) is 5.21. The molecule has 0 aliphatic rings. The highest BCUT2D eigenvalue weighted by atomic mass is 35.5. The molecule has 0 aliphatic heterocycles. The maximum Gasteiger partial charge on any atom is 0.431 e. The van der Waals surface area contributed by atoms with Crippen molar-refractivity contribution in [2.24, 2.45) is 7.05 Å². The molecule has 3 rings (SSSR count). The Balaban J connectivity index is 2.52. The molecule has 1 heterocycles. The molecule has 0 aliphatic carbocycles. The number of carboxylic acid groups (broad SMARTS) is 1. The molecular weight excluding hydrogens is 532 g/mol. The number of carbonyl (C=O) groups is 1. The highest BCUT2D eigenvalue weighted by Gasteiger charge is 2.37. The lowest BCUT2D eigenvalue weighted by Gasteiger charge is -2.25. The third-order valence-corrected chi connectivity index (χ3v) is 5.49. The molecule has 3 aromatic rings. The predicted molar refractivity (Wildman–Crippen MR) is 120 cm³/mol. The lowest BCUT2D eigenvalue weighted by atomic mass is 9.95. The smallest absolute Gasteiger partial charge is 0.431 e. The van der Waals surface area contributed by atoms with Crippen LogP contribution in [0.1, 0.15) is 22.9 Å². The van der Waals surface area contributed by atoms with Crippen molar-refractivity contribution in [2.75, 3.05) is 7.11 Å². The maximum absolute atomic E-state index is 15.4. The second kappa shape index (κ2) is 9.93. The summed E-state index contributed by atoms with van der Waals surface area (Å²) in [4.78, 5) is 47.8. The summed E-state index contributed by atoms with van der Waals surface area (Å²) >= 11 is 6.07. The van der Waals surface area contributed by atoms with Crippen LogP contribution in [0.25, 0.3) is 5.69 Å². The van der Waals surface area contributed by atoms with Gasteiger partial charge in [0.05, 0.1) is 28.8 Å². The molecule has 16 heteroatoms. The van der Waals surface area contributed by atoms with E-state index in [0.717, 1.165) is 19.2 Å². The second-order valence-corrected chi connectivity index (χ2v) is 7.82. The van der Waals surface area contributed by atoms with Gasteiger partial charge in [0.2, 0.25) is 0 Å². The van der Waals surface area contributed by atoms with Crippen LogP contribution in [0.15, 0.2) is 46.0 Å². The van der Waals surface area contributed by atoms with Gasteiger partial charge in [0.1, 0.15) is 17.3 Å². The Hall–Kier alpha value is -4.40. The van der Waals surface area contributed by atoms with Crippen molar-refractivity contribution in [1.29, 1.82) is 0 Å². The molecule has 2 N–H and O–H groups in total. The average Bonchev–Trinajstić information content (AvgIpc) is 2.80. The van der Waals surface area contributed by atoms with Crippen LogP contribution in [-0.4, -0.2) is 32.4 Å². The number of nitro benzene ring substituents is 1. The van der Waals surface area contributed by atoms with Gasteiger partial charge in [0.15, 0.2) is 0 Å². The number of hydrogen-bond acceptors (Lipinski definition) is 6. The molecule has 0 saturated heterocycles. The predicted octanol–water partition coefficient (Wildman–Crippen LogP) is 3.62. The molecule has 0 saturated carbocycles. The Morgan fingerprint density at radius 3 is 2.43 bits per heavy atom. The van der Waals surface area contributed by atoms with Gasteiger partial charge in [0, 0.05) is 30.8 Å². The molecule has 1 atom stereocenters. The number of amides is 1. The number of rotatable bonds is 6. The number of methoxy groups -OCH3 is 1. The van der Waals surface area contributed by atoms with Crippen LogP contribution in [0.4, 0.5) is 28.0 Å². The van der Waals surface area contributed by atoms with Gasteiger partial charge in [-0.2, -0.15) is 13.2 Å². The van der Waals surface area contributed by atoms with Crippen LogP contribution in [-0.2, 0) is 13.2 Å². The van der Waals surface area contributed by atoms with Gasteiger partial charge in [-0.15, -0.1) is 0 Å². The molecule has 0 fully saturated rings. The molecule has 196 valence electrons. The van der Waals surface area contributed by atoms with E-state index in [4.69, 9.17) is 16.3 Å². The normalized spacial score (nSPS) is 12.2. The average molecular weight is 547 g/mol. The van der Waals surface area contributed by atoms with Crippen LogP contribution in [0.5, 0.6) is 5.75 Å². The summed E-state index contributed by atoms with van der Waals surface area (Å²) in [6.45, 7) is 0. The summed E-state index contributed by atoms with van der Waals surface area (Å²) in [6, 6.07) is 3.30. The van der Waals surface area contributed by atoms with Crippen molar-refractivity contribution in [3.05, 3.63) is 95.0 Å². The van der Waals surface area contributed by atoms with E-state index in [1.807, 2.05) is 5.32 Å². The van der Waals surface area contributed by atoms with E-state index >= 15 is 4.39 Å². The number of alkyl halides is 3.